The molecule has 6 heteroatoms. The van der Waals surface area contributed by atoms with Crippen molar-refractivity contribution in [1.29, 1.82) is 0 Å². The molecular weight excluding hydrogens is 200 g/mol. The summed E-state index contributed by atoms with van der Waals surface area (Å²) in [6.45, 7) is 0.214. The second-order valence-electron chi connectivity index (χ2n) is 4.39. The Kier molecular flexibility index (Phi) is 5.24. The van der Waals surface area contributed by atoms with Crippen molar-refractivity contribution in [2.75, 3.05) is 34.2 Å². The minimum atomic E-state index is -0.988. The average Bonchev–Trinajstić information content (AvgIpc) is 1.99. The summed E-state index contributed by atoms with van der Waals surface area (Å²) in [6, 6.07) is 0. The quantitative estimate of drug-likeness (QED) is 0.443. The number of quaternary nitrogens is 1. The molecule has 0 fully saturated rings. The molecule has 0 amide bonds. The van der Waals surface area contributed by atoms with E-state index in [0.29, 0.717) is 11.0 Å². The number of hydrogen-bond donors (Lipinski definition) is 2. The van der Waals surface area contributed by atoms with E-state index in [-0.39, 0.29) is 13.0 Å². The Bertz CT molecular complexity index is 235. The van der Waals surface area contributed by atoms with Gasteiger partial charge in [-0.1, -0.05) is 0 Å². The van der Waals surface area contributed by atoms with Gasteiger partial charge in [0.15, 0.2) is 6.10 Å². The number of nitrogens with zero attached hydrogens (tertiary/aromatic N) is 1. The minimum absolute atomic E-state index is 0.193. The number of likely N-dealkylation sites (N-methyl/N-ethyl adjacent to an activating group) is 1. The van der Waals surface area contributed by atoms with Crippen molar-refractivity contribution in [3.8, 4) is 0 Å². The number of aliphatic carboxylic acids is 1. The van der Waals surface area contributed by atoms with E-state index < -0.39 is 18.0 Å². The van der Waals surface area contributed by atoms with Crippen LogP contribution >= 0.6 is 0 Å². The monoisotopic (exact) mass is 219 g/mol. The number of carboxylic acid groups (broad SMARTS) is 1. The molecule has 0 aromatic heterocycles. The van der Waals surface area contributed by atoms with Gasteiger partial charge in [-0.3, -0.25) is 9.59 Å². The number of ether oxygens (including phenoxy) is 1. The zero-order valence-electron chi connectivity index (χ0n) is 9.40. The molecule has 3 N–H and O–H groups in total. The number of hydrogen-bond acceptors (Lipinski definition) is 4. The van der Waals surface area contributed by atoms with Gasteiger partial charge in [0.2, 0.25) is 0 Å². The predicted molar refractivity (Wildman–Crippen MR) is 54.1 cm³/mol. The van der Waals surface area contributed by atoms with Crippen molar-refractivity contribution in [2.45, 2.75) is 12.5 Å². The first-order valence-corrected chi connectivity index (χ1v) is 4.66. The maximum atomic E-state index is 10.9. The fraction of sp³-hybridized carbons (Fsp3) is 0.778. The Morgan fingerprint density at radius 1 is 1.40 bits per heavy atom. The number of carbonyl (C=O) groups is 2. The van der Waals surface area contributed by atoms with Gasteiger partial charge in [0, 0.05) is 0 Å². The van der Waals surface area contributed by atoms with Crippen LogP contribution in [0.15, 0.2) is 0 Å². The fourth-order valence-corrected chi connectivity index (χ4v) is 1.18. The molecule has 0 aliphatic carbocycles. The third-order valence-corrected chi connectivity index (χ3v) is 1.62. The Labute approximate surface area is 89.2 Å². The van der Waals surface area contributed by atoms with Gasteiger partial charge in [0.05, 0.1) is 34.1 Å². The molecule has 88 valence electrons. The van der Waals surface area contributed by atoms with E-state index in [0.717, 1.165) is 0 Å². The highest BCUT2D eigenvalue weighted by Gasteiger charge is 2.24. The zero-order valence-corrected chi connectivity index (χ0v) is 9.40. The van der Waals surface area contributed by atoms with Crippen molar-refractivity contribution >= 4 is 11.9 Å². The van der Waals surface area contributed by atoms with Crippen LogP contribution < -0.4 is 5.73 Å². The summed E-state index contributed by atoms with van der Waals surface area (Å²) in [4.78, 5) is 21.5. The van der Waals surface area contributed by atoms with Crippen molar-refractivity contribution < 1.29 is 23.9 Å². The molecule has 0 saturated carbocycles. The van der Waals surface area contributed by atoms with Crippen LogP contribution in [0.5, 0.6) is 0 Å². The number of esters is 1. The van der Waals surface area contributed by atoms with E-state index in [9.17, 15) is 9.59 Å². The first-order chi connectivity index (χ1) is 6.74. The molecule has 0 spiro atoms. The summed E-state index contributed by atoms with van der Waals surface area (Å²) in [5.74, 6) is -1.56. The third kappa shape index (κ3) is 7.90. The van der Waals surface area contributed by atoms with Gasteiger partial charge in [-0.25, -0.2) is 0 Å². The lowest BCUT2D eigenvalue weighted by Gasteiger charge is -2.28. The van der Waals surface area contributed by atoms with Crippen LogP contribution in [0.25, 0.3) is 0 Å². The minimum Gasteiger partial charge on any atom is -0.481 e. The van der Waals surface area contributed by atoms with Gasteiger partial charge in [-0.05, 0) is 0 Å². The molecule has 6 nitrogen and oxygen atoms in total. The SMILES string of the molecule is C[N+](C)(C)C[C@H](CC(=O)O)OC(=O)CN. The second kappa shape index (κ2) is 5.67. The summed E-state index contributed by atoms with van der Waals surface area (Å²) in [5.41, 5.74) is 5.09. The lowest BCUT2D eigenvalue weighted by molar-refractivity contribution is -0.873. The van der Waals surface area contributed by atoms with E-state index >= 15 is 0 Å². The molecule has 15 heavy (non-hydrogen) atoms. The molecule has 0 aromatic carbocycles. The Hall–Kier alpha value is -1.14. The first-order valence-electron chi connectivity index (χ1n) is 4.66. The van der Waals surface area contributed by atoms with Crippen LogP contribution in [0, 0.1) is 0 Å². The van der Waals surface area contributed by atoms with Crippen molar-refractivity contribution in [3.63, 3.8) is 0 Å². The van der Waals surface area contributed by atoms with Crippen molar-refractivity contribution in [1.82, 2.24) is 0 Å². The topological polar surface area (TPSA) is 89.6 Å². The lowest BCUT2D eigenvalue weighted by atomic mass is 10.2. The maximum Gasteiger partial charge on any atom is 0.320 e. The molecular formula is C9H19N2O4+. The molecule has 0 aromatic rings. The highest BCUT2D eigenvalue weighted by molar-refractivity contribution is 5.72. The van der Waals surface area contributed by atoms with Crippen molar-refractivity contribution in [3.05, 3.63) is 0 Å². The second-order valence-corrected chi connectivity index (χ2v) is 4.39. The van der Waals surface area contributed by atoms with E-state index in [4.69, 9.17) is 15.6 Å². The van der Waals surface area contributed by atoms with Crippen LogP contribution in [0.2, 0.25) is 0 Å². The number of carboxylic acids is 1. The predicted octanol–water partition coefficient (Wildman–Crippen LogP) is -0.962. The lowest BCUT2D eigenvalue weighted by Crippen LogP contribution is -2.44. The van der Waals surface area contributed by atoms with E-state index in [1.165, 1.54) is 0 Å². The maximum absolute atomic E-state index is 10.9. The summed E-state index contributed by atoms with van der Waals surface area (Å²) in [7, 11) is 5.68. The number of nitrogens with two attached hydrogens (primary N) is 1. The van der Waals surface area contributed by atoms with Gasteiger partial charge < -0.3 is 20.1 Å². The molecule has 0 saturated heterocycles. The molecule has 0 aliphatic rings. The molecule has 0 aliphatic heterocycles. The van der Waals surface area contributed by atoms with E-state index in [2.05, 4.69) is 0 Å². The highest BCUT2D eigenvalue weighted by Crippen LogP contribution is 2.04. The van der Waals surface area contributed by atoms with E-state index in [1.807, 2.05) is 21.1 Å². The van der Waals surface area contributed by atoms with Crippen molar-refractivity contribution in [2.24, 2.45) is 5.73 Å². The van der Waals surface area contributed by atoms with Crippen LogP contribution in [-0.2, 0) is 14.3 Å². The van der Waals surface area contributed by atoms with Gasteiger partial charge in [-0.15, -0.1) is 0 Å². The molecule has 0 radical (unpaired) electrons. The number of carbonyl (C=O) groups excluding carboxylic acids is 1. The average molecular weight is 219 g/mol. The molecule has 0 bridgehead atoms. The largest absolute Gasteiger partial charge is 0.481 e. The third-order valence-electron chi connectivity index (χ3n) is 1.62. The van der Waals surface area contributed by atoms with Gasteiger partial charge in [0.1, 0.15) is 6.54 Å². The number of rotatable bonds is 6. The van der Waals surface area contributed by atoms with Crippen LogP contribution in [-0.4, -0.2) is 61.9 Å². The smallest absolute Gasteiger partial charge is 0.320 e. The molecule has 0 unspecified atom stereocenters. The first kappa shape index (κ1) is 13.9. The van der Waals surface area contributed by atoms with Gasteiger partial charge in [-0.2, -0.15) is 0 Å². The van der Waals surface area contributed by atoms with Crippen LogP contribution in [0.4, 0.5) is 0 Å². The van der Waals surface area contributed by atoms with Gasteiger partial charge in [0.25, 0.3) is 0 Å². The van der Waals surface area contributed by atoms with Crippen LogP contribution in [0.1, 0.15) is 6.42 Å². The normalized spacial score (nSPS) is 13.3. The Morgan fingerprint density at radius 2 is 1.93 bits per heavy atom. The Balaban J connectivity index is 4.31. The zero-order chi connectivity index (χ0) is 12.1. The summed E-state index contributed by atoms with van der Waals surface area (Å²) in [6.07, 6.45) is -0.820. The van der Waals surface area contributed by atoms with E-state index in [1.54, 1.807) is 0 Å². The van der Waals surface area contributed by atoms with Crippen LogP contribution in [0.3, 0.4) is 0 Å². The summed E-state index contributed by atoms with van der Waals surface area (Å²) < 4.78 is 5.45. The standard InChI is InChI=1S/C9H18N2O4/c1-11(2,3)6-7(4-8(12)13)15-9(14)5-10/h7H,4-6,10H2,1-3H3/p+1/t7-/m0/s1. The molecule has 0 heterocycles. The molecule has 1 atom stereocenters. The highest BCUT2D eigenvalue weighted by atomic mass is 16.5. The van der Waals surface area contributed by atoms with Gasteiger partial charge >= 0.3 is 11.9 Å². The fourth-order valence-electron chi connectivity index (χ4n) is 1.18. The summed E-state index contributed by atoms with van der Waals surface area (Å²) in [5, 5.41) is 8.64. The Morgan fingerprint density at radius 3 is 2.27 bits per heavy atom. The summed E-state index contributed by atoms with van der Waals surface area (Å²) >= 11 is 0. The molecule has 0 rings (SSSR count).